The van der Waals surface area contributed by atoms with Crippen LogP contribution in [0, 0.1) is 29.4 Å². The van der Waals surface area contributed by atoms with Gasteiger partial charge in [0, 0.05) is 18.2 Å². The fourth-order valence-corrected chi connectivity index (χ4v) is 4.30. The van der Waals surface area contributed by atoms with E-state index < -0.39 is 46.8 Å². The number of aromatic nitrogens is 2. The maximum atomic E-state index is 14.0. The molecular formula is C23H22F2N4O5S. The lowest BCUT2D eigenvalue weighted by Gasteiger charge is -2.22. The normalized spacial score (nSPS) is 24.3. The maximum absolute atomic E-state index is 14.0. The summed E-state index contributed by atoms with van der Waals surface area (Å²) in [6, 6.07) is 3.10. The van der Waals surface area contributed by atoms with Crippen molar-refractivity contribution in [3.8, 4) is 11.8 Å². The third kappa shape index (κ3) is 5.38. The van der Waals surface area contributed by atoms with Crippen molar-refractivity contribution in [2.45, 2.75) is 38.5 Å². The van der Waals surface area contributed by atoms with Gasteiger partial charge in [-0.3, -0.25) is 8.98 Å². The Morgan fingerprint density at radius 2 is 2.06 bits per heavy atom. The van der Waals surface area contributed by atoms with Gasteiger partial charge in [0.15, 0.2) is 5.78 Å². The van der Waals surface area contributed by atoms with Crippen molar-refractivity contribution in [2.75, 3.05) is 6.61 Å². The van der Waals surface area contributed by atoms with Gasteiger partial charge in [0.25, 0.3) is 0 Å². The van der Waals surface area contributed by atoms with Crippen LogP contribution in [-0.4, -0.2) is 42.2 Å². The van der Waals surface area contributed by atoms with Crippen LogP contribution in [0.1, 0.15) is 49.4 Å². The highest BCUT2D eigenvalue weighted by atomic mass is 32.2. The number of imidazole rings is 1. The van der Waals surface area contributed by atoms with E-state index in [0.717, 1.165) is 12.1 Å². The third-order valence-corrected chi connectivity index (χ3v) is 6.19. The van der Waals surface area contributed by atoms with Crippen LogP contribution in [0.25, 0.3) is 0 Å². The average molecular weight is 505 g/mol. The molecule has 35 heavy (non-hydrogen) atoms. The molecule has 3 heterocycles. The Labute approximate surface area is 200 Å². The first-order valence-corrected chi connectivity index (χ1v) is 12.2. The van der Waals surface area contributed by atoms with E-state index in [1.54, 1.807) is 17.7 Å². The Kier molecular flexibility index (Phi) is 6.95. The summed E-state index contributed by atoms with van der Waals surface area (Å²) in [6.45, 7) is 3.09. The summed E-state index contributed by atoms with van der Waals surface area (Å²) >= 11 is 0. The number of hydrogen-bond acceptors (Lipinski definition) is 7. The molecule has 0 radical (unpaired) electrons. The predicted molar refractivity (Wildman–Crippen MR) is 121 cm³/mol. The van der Waals surface area contributed by atoms with E-state index in [0.29, 0.717) is 17.8 Å². The quantitative estimate of drug-likeness (QED) is 0.637. The molecule has 0 saturated carbocycles. The number of carbonyl (C=O) groups excluding carboxylic acids is 1. The zero-order valence-corrected chi connectivity index (χ0v) is 19.6. The van der Waals surface area contributed by atoms with Gasteiger partial charge in [-0.2, -0.15) is 8.42 Å². The minimum atomic E-state index is -4.24. The van der Waals surface area contributed by atoms with Crippen LogP contribution in [-0.2, 0) is 24.0 Å². The summed E-state index contributed by atoms with van der Waals surface area (Å²) in [4.78, 5) is 21.5. The summed E-state index contributed by atoms with van der Waals surface area (Å²) in [6.07, 6.45) is 3.65. The summed E-state index contributed by atoms with van der Waals surface area (Å²) in [7, 11) is -4.24. The molecule has 1 fully saturated rings. The molecule has 4 atom stereocenters. The predicted octanol–water partition coefficient (Wildman–Crippen LogP) is 2.35. The van der Waals surface area contributed by atoms with Gasteiger partial charge in [-0.15, -0.1) is 0 Å². The number of allylic oxidation sites excluding steroid dienone is 1. The molecule has 1 aromatic carbocycles. The lowest BCUT2D eigenvalue weighted by molar-refractivity contribution is -0.125. The Morgan fingerprint density at radius 1 is 1.29 bits per heavy atom. The number of ether oxygens (including phenoxy) is 1. The second kappa shape index (κ2) is 9.79. The van der Waals surface area contributed by atoms with Crippen LogP contribution < -0.4 is 5.14 Å². The fraction of sp³-hybridized carbons (Fsp3) is 0.348. The van der Waals surface area contributed by atoms with E-state index in [1.807, 2.05) is 13.0 Å². The zero-order chi connectivity index (χ0) is 25.3. The van der Waals surface area contributed by atoms with E-state index >= 15 is 0 Å². The van der Waals surface area contributed by atoms with Crippen molar-refractivity contribution < 1.29 is 30.9 Å². The molecule has 12 heteroatoms. The molecule has 0 spiro atoms. The van der Waals surface area contributed by atoms with E-state index in [4.69, 9.17) is 9.88 Å². The minimum Gasteiger partial charge on any atom is -0.344 e. The van der Waals surface area contributed by atoms with Crippen LogP contribution >= 0.6 is 0 Å². The van der Waals surface area contributed by atoms with Crippen molar-refractivity contribution in [3.63, 3.8) is 0 Å². The van der Waals surface area contributed by atoms with Gasteiger partial charge >= 0.3 is 10.3 Å². The summed E-state index contributed by atoms with van der Waals surface area (Å²) in [5.41, 5.74) is 1.39. The molecule has 1 aromatic heterocycles. The summed E-state index contributed by atoms with van der Waals surface area (Å²) in [5, 5.41) is 4.86. The molecule has 2 aliphatic rings. The second-order valence-electron chi connectivity index (χ2n) is 8.24. The van der Waals surface area contributed by atoms with Crippen molar-refractivity contribution >= 4 is 21.8 Å². The Bertz CT molecular complexity index is 1390. The lowest BCUT2D eigenvalue weighted by Crippen LogP contribution is -2.28. The number of ketones is 1. The molecule has 2 N–H and O–H groups in total. The molecule has 9 nitrogen and oxygen atoms in total. The SMILES string of the molecule is CC1CC=CN=C(C#Cc2ccc(F)cc2F)c2ncn(C3O[C@H](COS(N)(=O)=O)C(=O)C3C)c21. The standard InChI is InChI=1S/C23H22F2N4O5S/c1-13-4-3-9-27-18(8-6-15-5-7-16(24)10-17(15)25)20-21(13)29(12-28-20)23-14(2)22(30)19(34-23)11-33-35(26,31)32/h3,5,7,9-10,12-14,19,23H,4,11H2,1-2H3,(H2,26,31,32)/t13?,14?,19-,23?/m1/s1. The maximum Gasteiger partial charge on any atom is 0.333 e. The van der Waals surface area contributed by atoms with Crippen LogP contribution in [0.4, 0.5) is 8.78 Å². The van der Waals surface area contributed by atoms with Gasteiger partial charge in [-0.25, -0.2) is 23.9 Å². The first-order chi connectivity index (χ1) is 16.5. The third-order valence-electron chi connectivity index (χ3n) is 5.72. The number of benzene rings is 1. The molecule has 2 aromatic rings. The highest BCUT2D eigenvalue weighted by molar-refractivity contribution is 7.84. The molecule has 2 aliphatic heterocycles. The van der Waals surface area contributed by atoms with Crippen molar-refractivity contribution in [1.82, 2.24) is 9.55 Å². The van der Waals surface area contributed by atoms with Gasteiger partial charge in [-0.05, 0) is 24.5 Å². The van der Waals surface area contributed by atoms with Gasteiger partial charge < -0.3 is 9.30 Å². The largest absolute Gasteiger partial charge is 0.344 e. The molecule has 0 bridgehead atoms. The van der Waals surface area contributed by atoms with E-state index in [-0.39, 0.29) is 23.0 Å². The number of nitrogens with two attached hydrogens (primary N) is 1. The van der Waals surface area contributed by atoms with Gasteiger partial charge in [0.05, 0.1) is 23.5 Å². The molecule has 4 rings (SSSR count). The van der Waals surface area contributed by atoms with Gasteiger partial charge in [0.2, 0.25) is 0 Å². The highest BCUT2D eigenvalue weighted by Gasteiger charge is 2.43. The molecule has 0 aliphatic carbocycles. The Morgan fingerprint density at radius 3 is 2.77 bits per heavy atom. The van der Waals surface area contributed by atoms with E-state index in [1.165, 1.54) is 12.4 Å². The Balaban J connectivity index is 1.69. The van der Waals surface area contributed by atoms with Crippen LogP contribution in [0.5, 0.6) is 0 Å². The van der Waals surface area contributed by atoms with Crippen molar-refractivity contribution in [3.05, 3.63) is 65.4 Å². The second-order valence-corrected chi connectivity index (χ2v) is 9.46. The minimum absolute atomic E-state index is 0.00483. The topological polar surface area (TPSA) is 126 Å². The smallest absolute Gasteiger partial charge is 0.333 e. The van der Waals surface area contributed by atoms with Gasteiger partial charge in [0.1, 0.15) is 42.0 Å². The first-order valence-electron chi connectivity index (χ1n) is 10.7. The molecule has 0 amide bonds. The van der Waals surface area contributed by atoms with E-state index in [9.17, 15) is 22.0 Å². The molecule has 3 unspecified atom stereocenters. The number of aliphatic imine (C=N–C) groups is 1. The first kappa shape index (κ1) is 24.9. The number of fused-ring (bicyclic) bond motifs is 1. The highest BCUT2D eigenvalue weighted by Crippen LogP contribution is 2.36. The lowest BCUT2D eigenvalue weighted by atomic mass is 9.97. The average Bonchev–Trinajstić information content (AvgIpc) is 3.32. The Hall–Kier alpha value is -3.24. The number of Topliss-reactive ketones (excluding diaryl/α,β-unsaturated/α-hetero) is 1. The number of halogens is 2. The number of nitrogens with zero attached hydrogens (tertiary/aromatic N) is 3. The number of rotatable bonds is 4. The van der Waals surface area contributed by atoms with E-state index in [2.05, 4.69) is 26.0 Å². The fourth-order valence-electron chi connectivity index (χ4n) is 3.99. The van der Waals surface area contributed by atoms with Crippen LogP contribution in [0.2, 0.25) is 0 Å². The molecule has 1 saturated heterocycles. The number of hydrogen-bond donors (Lipinski definition) is 1. The molecule has 184 valence electrons. The summed E-state index contributed by atoms with van der Waals surface area (Å²) in [5.74, 6) is 2.94. The molecular weight excluding hydrogens is 482 g/mol. The van der Waals surface area contributed by atoms with Gasteiger partial charge in [-0.1, -0.05) is 25.8 Å². The summed E-state index contributed by atoms with van der Waals surface area (Å²) < 4.78 is 61.6. The monoisotopic (exact) mass is 504 g/mol. The van der Waals surface area contributed by atoms with Crippen molar-refractivity contribution in [1.29, 1.82) is 0 Å². The van der Waals surface area contributed by atoms with Crippen molar-refractivity contribution in [2.24, 2.45) is 16.0 Å². The van der Waals surface area contributed by atoms with Crippen LogP contribution in [0.3, 0.4) is 0 Å². The number of carbonyl (C=O) groups is 1. The zero-order valence-electron chi connectivity index (χ0n) is 18.8. The van der Waals surface area contributed by atoms with Crippen LogP contribution in [0.15, 0.2) is 41.8 Å².